The Labute approximate surface area is 114 Å². The number of fused-ring (bicyclic) bond motifs is 1. The van der Waals surface area contributed by atoms with E-state index in [4.69, 9.17) is 0 Å². The minimum Gasteiger partial charge on any atom is -0.395 e. The van der Waals surface area contributed by atoms with Crippen LogP contribution in [0.15, 0.2) is 18.2 Å². The Balaban J connectivity index is 1.70. The van der Waals surface area contributed by atoms with Crippen LogP contribution in [-0.2, 0) is 12.8 Å². The third kappa shape index (κ3) is 2.58. The number of carbonyl (C=O) groups is 1. The zero-order valence-electron chi connectivity index (χ0n) is 11.3. The maximum absolute atomic E-state index is 12.3. The van der Waals surface area contributed by atoms with Crippen molar-refractivity contribution < 1.29 is 9.90 Å². The highest BCUT2D eigenvalue weighted by Gasteiger charge is 2.26. The summed E-state index contributed by atoms with van der Waals surface area (Å²) in [6, 6.07) is 6.34. The topological polar surface area (TPSA) is 40.5 Å². The van der Waals surface area contributed by atoms with Gasteiger partial charge in [-0.3, -0.25) is 9.69 Å². The first-order chi connectivity index (χ1) is 9.28. The molecule has 3 rings (SSSR count). The first kappa shape index (κ1) is 12.8. The van der Waals surface area contributed by atoms with E-state index in [-0.39, 0.29) is 18.4 Å². The molecule has 2 aliphatic rings. The number of hydrogen-bond acceptors (Lipinski definition) is 3. The smallest absolute Gasteiger partial charge is 0.176 e. The standard InChI is InChI=1S/C16H21NO2/c18-11-15-5-2-8-17(15)10-16(19)14-7-6-12-3-1-4-13(12)9-14/h6-7,9,15,18H,1-5,8,10-11H2. The van der Waals surface area contributed by atoms with Crippen molar-refractivity contribution in [3.63, 3.8) is 0 Å². The third-order valence-corrected chi connectivity index (χ3v) is 4.48. The summed E-state index contributed by atoms with van der Waals surface area (Å²) in [7, 11) is 0. The molecule has 1 aliphatic heterocycles. The van der Waals surface area contributed by atoms with E-state index in [0.717, 1.165) is 37.8 Å². The van der Waals surface area contributed by atoms with Crippen molar-refractivity contribution in [3.05, 3.63) is 34.9 Å². The summed E-state index contributed by atoms with van der Waals surface area (Å²) in [5.74, 6) is 0.190. The van der Waals surface area contributed by atoms with Crippen LogP contribution in [0.3, 0.4) is 0 Å². The molecule has 19 heavy (non-hydrogen) atoms. The highest BCUT2D eigenvalue weighted by atomic mass is 16.3. The molecule has 1 heterocycles. The third-order valence-electron chi connectivity index (χ3n) is 4.48. The van der Waals surface area contributed by atoms with Crippen LogP contribution in [0.2, 0.25) is 0 Å². The number of Topliss-reactive ketones (excluding diaryl/α,β-unsaturated/α-hetero) is 1. The number of likely N-dealkylation sites (tertiary alicyclic amines) is 1. The van der Waals surface area contributed by atoms with E-state index < -0.39 is 0 Å². The van der Waals surface area contributed by atoms with Crippen molar-refractivity contribution >= 4 is 5.78 Å². The molecule has 1 unspecified atom stereocenters. The average Bonchev–Trinajstić information content (AvgIpc) is 3.05. The Kier molecular flexibility index (Phi) is 3.67. The van der Waals surface area contributed by atoms with Crippen LogP contribution in [0.1, 0.15) is 40.7 Å². The van der Waals surface area contributed by atoms with E-state index in [9.17, 15) is 9.90 Å². The largest absolute Gasteiger partial charge is 0.395 e. The maximum atomic E-state index is 12.3. The van der Waals surface area contributed by atoms with Crippen LogP contribution in [0.5, 0.6) is 0 Å². The molecule has 1 aliphatic carbocycles. The summed E-state index contributed by atoms with van der Waals surface area (Å²) < 4.78 is 0. The van der Waals surface area contributed by atoms with Crippen LogP contribution in [0.4, 0.5) is 0 Å². The average molecular weight is 259 g/mol. The predicted molar refractivity (Wildman–Crippen MR) is 74.5 cm³/mol. The molecular formula is C16H21NO2. The summed E-state index contributed by atoms with van der Waals surface area (Å²) in [6.45, 7) is 1.55. The molecule has 1 atom stereocenters. The summed E-state index contributed by atoms with van der Waals surface area (Å²) in [5.41, 5.74) is 3.60. The van der Waals surface area contributed by atoms with Gasteiger partial charge < -0.3 is 5.11 Å². The lowest BCUT2D eigenvalue weighted by atomic mass is 10.0. The van der Waals surface area contributed by atoms with Crippen molar-refractivity contribution in [1.29, 1.82) is 0 Å². The number of benzene rings is 1. The Morgan fingerprint density at radius 3 is 2.95 bits per heavy atom. The van der Waals surface area contributed by atoms with Crippen molar-refractivity contribution in [1.82, 2.24) is 4.90 Å². The van der Waals surface area contributed by atoms with Gasteiger partial charge in [0.25, 0.3) is 0 Å². The predicted octanol–water partition coefficient (Wildman–Crippen LogP) is 1.81. The normalized spacial score (nSPS) is 22.7. The minimum atomic E-state index is 0.164. The molecule has 0 radical (unpaired) electrons. The van der Waals surface area contributed by atoms with Gasteiger partial charge in [-0.15, -0.1) is 0 Å². The van der Waals surface area contributed by atoms with E-state index in [1.807, 2.05) is 6.07 Å². The number of carbonyl (C=O) groups excluding carboxylic acids is 1. The Morgan fingerprint density at radius 2 is 2.11 bits per heavy atom. The Morgan fingerprint density at radius 1 is 1.26 bits per heavy atom. The second kappa shape index (κ2) is 5.43. The summed E-state index contributed by atoms with van der Waals surface area (Å²) in [4.78, 5) is 14.5. The monoisotopic (exact) mass is 259 g/mol. The maximum Gasteiger partial charge on any atom is 0.176 e. The zero-order chi connectivity index (χ0) is 13.2. The van der Waals surface area contributed by atoms with E-state index >= 15 is 0 Å². The molecule has 1 aromatic rings. The van der Waals surface area contributed by atoms with Crippen LogP contribution >= 0.6 is 0 Å². The van der Waals surface area contributed by atoms with Gasteiger partial charge in [0, 0.05) is 11.6 Å². The molecule has 0 spiro atoms. The first-order valence-corrected chi connectivity index (χ1v) is 7.28. The highest BCUT2D eigenvalue weighted by Crippen LogP contribution is 2.23. The van der Waals surface area contributed by atoms with E-state index in [1.165, 1.54) is 17.5 Å². The van der Waals surface area contributed by atoms with Gasteiger partial charge in [-0.2, -0.15) is 0 Å². The molecule has 1 aromatic carbocycles. The zero-order valence-corrected chi connectivity index (χ0v) is 11.3. The van der Waals surface area contributed by atoms with Gasteiger partial charge >= 0.3 is 0 Å². The second-order valence-corrected chi connectivity index (χ2v) is 5.71. The first-order valence-electron chi connectivity index (χ1n) is 7.28. The van der Waals surface area contributed by atoms with Gasteiger partial charge in [0.1, 0.15) is 0 Å². The number of aliphatic hydroxyl groups excluding tert-OH is 1. The lowest BCUT2D eigenvalue weighted by Gasteiger charge is -2.21. The number of ketones is 1. The van der Waals surface area contributed by atoms with Gasteiger partial charge in [0.15, 0.2) is 5.78 Å². The van der Waals surface area contributed by atoms with Crippen LogP contribution < -0.4 is 0 Å². The van der Waals surface area contributed by atoms with Crippen molar-refractivity contribution in [2.75, 3.05) is 19.7 Å². The lowest BCUT2D eigenvalue weighted by molar-refractivity contribution is 0.0888. The SMILES string of the molecule is O=C(CN1CCCC1CO)c1ccc2c(c1)CCC2. The van der Waals surface area contributed by atoms with Crippen molar-refractivity contribution in [2.45, 2.75) is 38.1 Å². The fraction of sp³-hybridized carbons (Fsp3) is 0.562. The molecule has 0 bridgehead atoms. The van der Waals surface area contributed by atoms with Gasteiger partial charge in [0.05, 0.1) is 13.2 Å². The van der Waals surface area contributed by atoms with Gasteiger partial charge in [-0.05, 0) is 55.8 Å². The molecule has 1 N–H and O–H groups in total. The van der Waals surface area contributed by atoms with Crippen molar-refractivity contribution in [2.24, 2.45) is 0 Å². The molecule has 1 fully saturated rings. The number of nitrogens with zero attached hydrogens (tertiary/aromatic N) is 1. The fourth-order valence-corrected chi connectivity index (χ4v) is 3.33. The van der Waals surface area contributed by atoms with Crippen molar-refractivity contribution in [3.8, 4) is 0 Å². The van der Waals surface area contributed by atoms with E-state index in [2.05, 4.69) is 17.0 Å². The molecule has 0 amide bonds. The van der Waals surface area contributed by atoms with Crippen LogP contribution in [0, 0.1) is 0 Å². The number of aliphatic hydroxyl groups is 1. The quantitative estimate of drug-likeness (QED) is 0.838. The molecule has 0 saturated carbocycles. The number of hydrogen-bond donors (Lipinski definition) is 1. The van der Waals surface area contributed by atoms with E-state index in [1.54, 1.807) is 0 Å². The van der Waals surface area contributed by atoms with Crippen LogP contribution in [0.25, 0.3) is 0 Å². The molecule has 1 saturated heterocycles. The Bertz CT molecular complexity index is 484. The highest BCUT2D eigenvalue weighted by molar-refractivity contribution is 5.98. The lowest BCUT2D eigenvalue weighted by Crippen LogP contribution is -2.36. The molecule has 0 aromatic heterocycles. The second-order valence-electron chi connectivity index (χ2n) is 5.71. The Hall–Kier alpha value is -1.19. The summed E-state index contributed by atoms with van der Waals surface area (Å²) >= 11 is 0. The summed E-state index contributed by atoms with van der Waals surface area (Å²) in [5, 5.41) is 9.29. The van der Waals surface area contributed by atoms with Gasteiger partial charge in [-0.25, -0.2) is 0 Å². The van der Waals surface area contributed by atoms with Gasteiger partial charge in [0.2, 0.25) is 0 Å². The van der Waals surface area contributed by atoms with Crippen LogP contribution in [-0.4, -0.2) is 41.5 Å². The molecule has 102 valence electrons. The molecular weight excluding hydrogens is 238 g/mol. The number of rotatable bonds is 4. The minimum absolute atomic E-state index is 0.164. The summed E-state index contributed by atoms with van der Waals surface area (Å²) in [6.07, 6.45) is 5.57. The van der Waals surface area contributed by atoms with E-state index in [0.29, 0.717) is 6.54 Å². The molecule has 3 nitrogen and oxygen atoms in total. The van der Waals surface area contributed by atoms with Gasteiger partial charge in [-0.1, -0.05) is 12.1 Å². The number of aryl methyl sites for hydroxylation is 2. The fourth-order valence-electron chi connectivity index (χ4n) is 3.33. The molecule has 3 heteroatoms.